The Kier molecular flexibility index (Phi) is 35.2. The number of nitrogens with one attached hydrogen (secondary N) is 1. The lowest BCUT2D eigenvalue weighted by Crippen LogP contribution is -2.46. The van der Waals surface area contributed by atoms with Crippen molar-refractivity contribution in [3.63, 3.8) is 0 Å². The number of carbonyl (C=O) groups excluding carboxylic acids is 1. The molecule has 3 N–H and O–H groups in total. The summed E-state index contributed by atoms with van der Waals surface area (Å²) < 4.78 is 32.5. The summed E-state index contributed by atoms with van der Waals surface area (Å²) in [4.78, 5) is 12.5. The zero-order valence-corrected chi connectivity index (χ0v) is 32.7. The highest BCUT2D eigenvalue weighted by Crippen LogP contribution is 2.16. The number of amides is 1. The molecule has 2 atom stereocenters. The van der Waals surface area contributed by atoms with E-state index in [9.17, 15) is 22.9 Å². The maximum absolute atomic E-state index is 12.5. The van der Waals surface area contributed by atoms with E-state index in [2.05, 4.69) is 19.2 Å². The Hall–Kier alpha value is -0.920. The van der Waals surface area contributed by atoms with Crippen molar-refractivity contribution in [3.8, 4) is 0 Å². The molecule has 0 aromatic rings. The van der Waals surface area contributed by atoms with Crippen molar-refractivity contribution in [2.75, 3.05) is 5.75 Å². The molecule has 0 aromatic heterocycles. The molecule has 0 heterocycles. The van der Waals surface area contributed by atoms with Crippen molar-refractivity contribution in [2.24, 2.45) is 0 Å². The number of unbranched alkanes of at least 4 members (excludes halogenated alkanes) is 30. The molecule has 0 radical (unpaired) electrons. The summed E-state index contributed by atoms with van der Waals surface area (Å²) in [5.74, 6) is -0.968. The highest BCUT2D eigenvalue weighted by molar-refractivity contribution is 7.85. The molecule has 48 heavy (non-hydrogen) atoms. The Bertz CT molecular complexity index is 816. The highest BCUT2D eigenvalue weighted by atomic mass is 32.2. The second-order valence-corrected chi connectivity index (χ2v) is 16.1. The van der Waals surface area contributed by atoms with Crippen molar-refractivity contribution in [3.05, 3.63) is 12.2 Å². The van der Waals surface area contributed by atoms with Gasteiger partial charge in [-0.25, -0.2) is 0 Å². The van der Waals surface area contributed by atoms with Gasteiger partial charge in [0.2, 0.25) is 5.91 Å². The van der Waals surface area contributed by atoms with E-state index in [4.69, 9.17) is 0 Å². The second-order valence-electron chi connectivity index (χ2n) is 14.6. The molecule has 0 aliphatic heterocycles. The largest absolute Gasteiger partial charge is 0.387 e. The van der Waals surface area contributed by atoms with Gasteiger partial charge in [-0.3, -0.25) is 9.35 Å². The van der Waals surface area contributed by atoms with Gasteiger partial charge in [0, 0.05) is 6.42 Å². The monoisotopic (exact) mass is 700 g/mol. The fourth-order valence-corrected chi connectivity index (χ4v) is 7.30. The fraction of sp³-hybridized carbons (Fsp3) is 0.927. The first-order valence-electron chi connectivity index (χ1n) is 20.9. The summed E-state index contributed by atoms with van der Waals surface area (Å²) >= 11 is 0. The Morgan fingerprint density at radius 2 is 0.854 bits per heavy atom. The second kappa shape index (κ2) is 35.9. The predicted octanol–water partition coefficient (Wildman–Crippen LogP) is 12.2. The Balaban J connectivity index is 3.86. The topological polar surface area (TPSA) is 104 Å². The normalized spacial score (nSPS) is 13.3. The molecular weight excluding hydrogens is 619 g/mol. The molecule has 0 saturated heterocycles. The predicted molar refractivity (Wildman–Crippen MR) is 207 cm³/mol. The summed E-state index contributed by atoms with van der Waals surface area (Å²) in [6.07, 6.45) is 43.4. The molecule has 1 amide bonds. The molecule has 0 bridgehead atoms. The third-order valence-electron chi connectivity index (χ3n) is 9.71. The number of hydrogen-bond donors (Lipinski definition) is 3. The Morgan fingerprint density at radius 1 is 0.542 bits per heavy atom. The number of rotatable bonds is 38. The van der Waals surface area contributed by atoms with Crippen molar-refractivity contribution in [2.45, 2.75) is 238 Å². The number of hydrogen-bond acceptors (Lipinski definition) is 4. The van der Waals surface area contributed by atoms with Gasteiger partial charge in [-0.15, -0.1) is 0 Å². The summed E-state index contributed by atoms with van der Waals surface area (Å²) in [5, 5.41) is 13.2. The van der Waals surface area contributed by atoms with Crippen molar-refractivity contribution >= 4 is 16.0 Å². The molecule has 2 unspecified atom stereocenters. The lowest BCUT2D eigenvalue weighted by molar-refractivity contribution is -0.122. The van der Waals surface area contributed by atoms with Crippen LogP contribution in [0.3, 0.4) is 0 Å². The summed E-state index contributed by atoms with van der Waals surface area (Å²) in [6, 6.07) is -1.05. The molecule has 0 rings (SSSR count). The van der Waals surface area contributed by atoms with Gasteiger partial charge in [-0.2, -0.15) is 8.42 Å². The summed E-state index contributed by atoms with van der Waals surface area (Å²) in [7, 11) is -4.34. The van der Waals surface area contributed by atoms with Crippen molar-refractivity contribution in [1.29, 1.82) is 0 Å². The number of carbonyl (C=O) groups is 1. The lowest BCUT2D eigenvalue weighted by atomic mass is 10.0. The van der Waals surface area contributed by atoms with Crippen molar-refractivity contribution < 1.29 is 22.9 Å². The van der Waals surface area contributed by atoms with Gasteiger partial charge in [0.25, 0.3) is 10.1 Å². The van der Waals surface area contributed by atoms with Crippen LogP contribution in [-0.2, 0) is 14.9 Å². The average molecular weight is 700 g/mol. The number of aliphatic hydroxyl groups excluding tert-OH is 1. The van der Waals surface area contributed by atoms with E-state index in [-0.39, 0.29) is 5.91 Å². The molecule has 0 aliphatic rings. The molecule has 0 spiro atoms. The van der Waals surface area contributed by atoms with E-state index >= 15 is 0 Å². The maximum atomic E-state index is 12.5. The molecule has 7 heteroatoms. The van der Waals surface area contributed by atoms with E-state index in [1.54, 1.807) is 6.08 Å². The standard InChI is InChI=1S/C41H81NO5S/c1-3-5-7-9-11-13-15-17-18-19-20-21-22-23-25-26-28-30-32-34-36-40(43)39(38-48(45,46)47)42-41(44)37-35-33-31-29-27-24-16-14-12-10-8-6-4-2/h34,36,39-40,43H,3-33,35,37-38H2,1-2H3,(H,42,44)(H,45,46,47)/b36-34+. The van der Waals surface area contributed by atoms with Gasteiger partial charge < -0.3 is 10.4 Å². The smallest absolute Gasteiger partial charge is 0.267 e. The van der Waals surface area contributed by atoms with Gasteiger partial charge in [0.1, 0.15) is 0 Å². The van der Waals surface area contributed by atoms with E-state index in [1.165, 1.54) is 167 Å². The minimum atomic E-state index is -4.34. The van der Waals surface area contributed by atoms with Gasteiger partial charge >= 0.3 is 0 Å². The molecule has 6 nitrogen and oxygen atoms in total. The summed E-state index contributed by atoms with van der Waals surface area (Å²) in [6.45, 7) is 4.53. The first kappa shape index (κ1) is 47.1. The molecule has 0 aromatic carbocycles. The lowest BCUT2D eigenvalue weighted by Gasteiger charge is -2.21. The minimum Gasteiger partial charge on any atom is -0.387 e. The van der Waals surface area contributed by atoms with Gasteiger partial charge in [0.15, 0.2) is 0 Å². The molecule has 0 fully saturated rings. The van der Waals surface area contributed by atoms with E-state index < -0.39 is 28.0 Å². The zero-order chi connectivity index (χ0) is 35.4. The van der Waals surface area contributed by atoms with E-state index in [0.29, 0.717) is 6.42 Å². The van der Waals surface area contributed by atoms with Crippen LogP contribution in [0.25, 0.3) is 0 Å². The maximum Gasteiger partial charge on any atom is 0.267 e. The first-order chi connectivity index (χ1) is 23.3. The molecule has 0 aliphatic carbocycles. The van der Waals surface area contributed by atoms with Gasteiger partial charge in [-0.05, 0) is 19.3 Å². The fourth-order valence-electron chi connectivity index (χ4n) is 6.57. The summed E-state index contributed by atoms with van der Waals surface area (Å²) in [5.41, 5.74) is 0. The van der Waals surface area contributed by atoms with E-state index in [0.717, 1.165) is 38.5 Å². The number of aliphatic hydroxyl groups is 1. The van der Waals surface area contributed by atoms with Crippen LogP contribution in [-0.4, -0.2) is 41.9 Å². The zero-order valence-electron chi connectivity index (χ0n) is 31.9. The van der Waals surface area contributed by atoms with Crippen LogP contribution in [0.1, 0.15) is 226 Å². The van der Waals surface area contributed by atoms with Crippen LogP contribution < -0.4 is 5.32 Å². The molecule has 286 valence electrons. The van der Waals surface area contributed by atoms with Crippen LogP contribution in [0.15, 0.2) is 12.2 Å². The third-order valence-corrected chi connectivity index (χ3v) is 10.5. The minimum absolute atomic E-state index is 0.275. The van der Waals surface area contributed by atoms with Crippen LogP contribution in [0.5, 0.6) is 0 Å². The van der Waals surface area contributed by atoms with Crippen LogP contribution in [0.2, 0.25) is 0 Å². The number of allylic oxidation sites excluding steroid dienone is 1. The highest BCUT2D eigenvalue weighted by Gasteiger charge is 2.24. The van der Waals surface area contributed by atoms with E-state index in [1.807, 2.05) is 6.08 Å². The quantitative estimate of drug-likeness (QED) is 0.0338. The van der Waals surface area contributed by atoms with Crippen LogP contribution in [0, 0.1) is 0 Å². The third kappa shape index (κ3) is 36.4. The first-order valence-corrected chi connectivity index (χ1v) is 22.5. The van der Waals surface area contributed by atoms with Crippen LogP contribution >= 0.6 is 0 Å². The molecular formula is C41H81NO5S. The molecule has 0 saturated carbocycles. The Labute approximate surface area is 299 Å². The van der Waals surface area contributed by atoms with Gasteiger partial charge in [-0.1, -0.05) is 212 Å². The average Bonchev–Trinajstić information content (AvgIpc) is 3.05. The Morgan fingerprint density at radius 3 is 1.19 bits per heavy atom. The van der Waals surface area contributed by atoms with Crippen LogP contribution in [0.4, 0.5) is 0 Å². The van der Waals surface area contributed by atoms with Gasteiger partial charge in [0.05, 0.1) is 17.9 Å². The SMILES string of the molecule is CCCCCCCCCCCCCCCCCCCC/C=C/C(O)C(CS(=O)(=O)O)NC(=O)CCCCCCCCCCCCCCC. The van der Waals surface area contributed by atoms with Crippen molar-refractivity contribution in [1.82, 2.24) is 5.32 Å².